The number of hydrogen-bond acceptors (Lipinski definition) is 4. The van der Waals surface area contributed by atoms with Gasteiger partial charge in [-0.3, -0.25) is 20.0 Å². The van der Waals surface area contributed by atoms with Gasteiger partial charge in [0, 0.05) is 23.2 Å². The number of nitro benzene ring substituents is 1. The molecule has 0 aliphatic carbocycles. The Balaban J connectivity index is 1.95. The zero-order chi connectivity index (χ0) is 16.6. The zero-order valence-corrected chi connectivity index (χ0v) is 12.1. The van der Waals surface area contributed by atoms with Crippen molar-refractivity contribution in [2.24, 2.45) is 0 Å². The summed E-state index contributed by atoms with van der Waals surface area (Å²) >= 11 is 5.65. The number of rotatable bonds is 3. The molecule has 3 aromatic rings. The quantitative estimate of drug-likeness (QED) is 0.565. The van der Waals surface area contributed by atoms with Crippen molar-refractivity contribution in [3.63, 3.8) is 0 Å². The van der Waals surface area contributed by atoms with Gasteiger partial charge in [-0.1, -0.05) is 11.6 Å². The number of hydrogen-bond donors (Lipinski definition) is 2. The van der Waals surface area contributed by atoms with Gasteiger partial charge < -0.3 is 5.32 Å². The van der Waals surface area contributed by atoms with Crippen LogP contribution >= 0.6 is 11.6 Å². The van der Waals surface area contributed by atoms with Gasteiger partial charge in [0.1, 0.15) is 5.82 Å². The number of anilines is 1. The fourth-order valence-corrected chi connectivity index (χ4v) is 2.23. The van der Waals surface area contributed by atoms with Crippen LogP contribution in [0.15, 0.2) is 36.4 Å². The van der Waals surface area contributed by atoms with E-state index in [1.807, 2.05) is 0 Å². The number of nitrogens with one attached hydrogen (secondary N) is 2. The molecule has 1 heterocycles. The van der Waals surface area contributed by atoms with E-state index in [9.17, 15) is 19.3 Å². The van der Waals surface area contributed by atoms with Gasteiger partial charge in [0.25, 0.3) is 11.6 Å². The summed E-state index contributed by atoms with van der Waals surface area (Å²) in [6.45, 7) is 0. The zero-order valence-electron chi connectivity index (χ0n) is 11.3. The van der Waals surface area contributed by atoms with Gasteiger partial charge >= 0.3 is 0 Å². The third-order valence-corrected chi connectivity index (χ3v) is 3.44. The second-order valence-corrected chi connectivity index (χ2v) is 5.05. The normalized spacial score (nSPS) is 10.7. The molecule has 0 aliphatic rings. The van der Waals surface area contributed by atoms with Crippen LogP contribution in [0.5, 0.6) is 0 Å². The number of carbonyl (C=O) groups is 1. The molecule has 0 spiro atoms. The number of halogens is 2. The molecule has 7 nitrogen and oxygen atoms in total. The van der Waals surface area contributed by atoms with E-state index in [-0.39, 0.29) is 22.1 Å². The fraction of sp³-hybridized carbons (Fsp3) is 0. The lowest BCUT2D eigenvalue weighted by Crippen LogP contribution is -2.12. The molecule has 3 rings (SSSR count). The van der Waals surface area contributed by atoms with Crippen LogP contribution in [0.3, 0.4) is 0 Å². The van der Waals surface area contributed by atoms with E-state index in [1.54, 1.807) is 0 Å². The Hall–Kier alpha value is -3.00. The summed E-state index contributed by atoms with van der Waals surface area (Å²) in [5.74, 6) is -1.20. The molecule has 116 valence electrons. The molecule has 1 amide bonds. The van der Waals surface area contributed by atoms with Gasteiger partial charge in [0.2, 0.25) is 0 Å². The van der Waals surface area contributed by atoms with Crippen LogP contribution in [0, 0.1) is 15.9 Å². The lowest BCUT2D eigenvalue weighted by Gasteiger charge is -2.04. The van der Waals surface area contributed by atoms with Crippen LogP contribution in [0.4, 0.5) is 15.8 Å². The Bertz CT molecular complexity index is 941. The SMILES string of the molecule is O=C(Nc1ccc(F)c(Cl)c1)c1n[nH]c2ccc([N+](=O)[O-])cc12. The van der Waals surface area contributed by atoms with E-state index >= 15 is 0 Å². The summed E-state index contributed by atoms with van der Waals surface area (Å²) in [5.41, 5.74) is 0.600. The van der Waals surface area contributed by atoms with Gasteiger partial charge in [-0.2, -0.15) is 5.10 Å². The molecule has 0 saturated heterocycles. The number of benzene rings is 2. The van der Waals surface area contributed by atoms with E-state index in [1.165, 1.54) is 30.3 Å². The predicted octanol–water partition coefficient (Wildman–Crippen LogP) is 3.52. The highest BCUT2D eigenvalue weighted by molar-refractivity contribution is 6.31. The standard InChI is InChI=1S/C14H8ClFN4O3/c15-10-5-7(1-3-11(10)16)17-14(21)13-9-6-8(20(22)23)2-4-12(9)18-19-13/h1-6H,(H,17,21)(H,18,19). The average molecular weight is 335 g/mol. The molecule has 23 heavy (non-hydrogen) atoms. The van der Waals surface area contributed by atoms with E-state index in [0.29, 0.717) is 10.9 Å². The fourth-order valence-electron chi connectivity index (χ4n) is 2.05. The number of H-pyrrole nitrogens is 1. The molecule has 0 unspecified atom stereocenters. The van der Waals surface area contributed by atoms with Gasteiger partial charge in [0.15, 0.2) is 5.69 Å². The van der Waals surface area contributed by atoms with Crippen LogP contribution in [-0.2, 0) is 0 Å². The third-order valence-electron chi connectivity index (χ3n) is 3.15. The van der Waals surface area contributed by atoms with Gasteiger partial charge in [-0.15, -0.1) is 0 Å². The molecular formula is C14H8ClFN4O3. The van der Waals surface area contributed by atoms with Crippen molar-refractivity contribution in [2.75, 3.05) is 5.32 Å². The molecule has 0 aliphatic heterocycles. The smallest absolute Gasteiger partial charge is 0.276 e. The summed E-state index contributed by atoms with van der Waals surface area (Å²) in [7, 11) is 0. The Morgan fingerprint density at radius 2 is 2.09 bits per heavy atom. The molecular weight excluding hydrogens is 327 g/mol. The molecule has 9 heteroatoms. The first-order valence-corrected chi connectivity index (χ1v) is 6.72. The van der Waals surface area contributed by atoms with Crippen LogP contribution < -0.4 is 5.32 Å². The first-order valence-electron chi connectivity index (χ1n) is 6.34. The maximum absolute atomic E-state index is 13.1. The van der Waals surface area contributed by atoms with Crippen molar-refractivity contribution in [2.45, 2.75) is 0 Å². The number of carbonyl (C=O) groups excluding carboxylic acids is 1. The number of amides is 1. The van der Waals surface area contributed by atoms with E-state index in [2.05, 4.69) is 15.5 Å². The number of aromatic nitrogens is 2. The first-order chi connectivity index (χ1) is 11.0. The lowest BCUT2D eigenvalue weighted by molar-refractivity contribution is -0.384. The molecule has 0 bridgehead atoms. The van der Waals surface area contributed by atoms with E-state index < -0.39 is 16.6 Å². The average Bonchev–Trinajstić information content (AvgIpc) is 2.94. The minimum absolute atomic E-state index is 0.0100. The summed E-state index contributed by atoms with van der Waals surface area (Å²) in [5, 5.41) is 20.0. The molecule has 2 N–H and O–H groups in total. The van der Waals surface area contributed by atoms with Gasteiger partial charge in [-0.25, -0.2) is 4.39 Å². The Morgan fingerprint density at radius 1 is 1.30 bits per heavy atom. The molecule has 1 aromatic heterocycles. The van der Waals surface area contributed by atoms with Crippen LogP contribution in [0.2, 0.25) is 5.02 Å². The predicted molar refractivity (Wildman–Crippen MR) is 82.1 cm³/mol. The van der Waals surface area contributed by atoms with Crippen molar-refractivity contribution in [3.05, 3.63) is 63.0 Å². The Kier molecular flexibility index (Phi) is 3.67. The minimum Gasteiger partial charge on any atom is -0.321 e. The van der Waals surface area contributed by atoms with Crippen molar-refractivity contribution < 1.29 is 14.1 Å². The second kappa shape index (κ2) is 5.65. The molecule has 0 radical (unpaired) electrons. The second-order valence-electron chi connectivity index (χ2n) is 4.64. The summed E-state index contributed by atoms with van der Waals surface area (Å²) < 4.78 is 13.1. The monoisotopic (exact) mass is 334 g/mol. The summed E-state index contributed by atoms with van der Waals surface area (Å²) in [6.07, 6.45) is 0. The van der Waals surface area contributed by atoms with Crippen LogP contribution in [0.25, 0.3) is 10.9 Å². The first kappa shape index (κ1) is 14.9. The highest BCUT2D eigenvalue weighted by atomic mass is 35.5. The van der Waals surface area contributed by atoms with Crippen molar-refractivity contribution in [3.8, 4) is 0 Å². The highest BCUT2D eigenvalue weighted by Crippen LogP contribution is 2.24. The van der Waals surface area contributed by atoms with E-state index in [4.69, 9.17) is 11.6 Å². The number of aromatic amines is 1. The maximum Gasteiger partial charge on any atom is 0.276 e. The summed E-state index contributed by atoms with van der Waals surface area (Å²) in [6, 6.07) is 7.74. The van der Waals surface area contributed by atoms with Crippen molar-refractivity contribution >= 4 is 39.8 Å². The van der Waals surface area contributed by atoms with Crippen molar-refractivity contribution in [1.29, 1.82) is 0 Å². The molecule has 2 aromatic carbocycles. The largest absolute Gasteiger partial charge is 0.321 e. The number of nitro groups is 1. The number of fused-ring (bicyclic) bond motifs is 1. The maximum atomic E-state index is 13.1. The Labute approximate surface area is 133 Å². The van der Waals surface area contributed by atoms with E-state index in [0.717, 1.165) is 6.07 Å². The van der Waals surface area contributed by atoms with Gasteiger partial charge in [0.05, 0.1) is 15.5 Å². The molecule has 0 saturated carbocycles. The Morgan fingerprint density at radius 3 is 2.78 bits per heavy atom. The summed E-state index contributed by atoms with van der Waals surface area (Å²) in [4.78, 5) is 22.5. The topological polar surface area (TPSA) is 101 Å². The van der Waals surface area contributed by atoms with Crippen molar-refractivity contribution in [1.82, 2.24) is 10.2 Å². The highest BCUT2D eigenvalue weighted by Gasteiger charge is 2.17. The van der Waals surface area contributed by atoms with Crippen LogP contribution in [0.1, 0.15) is 10.5 Å². The van der Waals surface area contributed by atoms with Gasteiger partial charge in [-0.05, 0) is 24.3 Å². The number of nitrogens with zero attached hydrogens (tertiary/aromatic N) is 2. The molecule has 0 fully saturated rings. The minimum atomic E-state index is -0.606. The number of non-ortho nitro benzene ring substituents is 1. The van der Waals surface area contributed by atoms with Crippen LogP contribution in [-0.4, -0.2) is 21.0 Å². The lowest BCUT2D eigenvalue weighted by atomic mass is 10.2. The molecule has 0 atom stereocenters. The third kappa shape index (κ3) is 2.84.